The highest BCUT2D eigenvalue weighted by Gasteiger charge is 2.25. The minimum absolute atomic E-state index is 0.00593. The minimum Gasteiger partial charge on any atom is -0.339 e. The lowest BCUT2D eigenvalue weighted by molar-refractivity contribution is 0.102. The summed E-state index contributed by atoms with van der Waals surface area (Å²) in [4.78, 5) is 19.1. The summed E-state index contributed by atoms with van der Waals surface area (Å²) in [6.45, 7) is 9.74. The number of ketones is 1. The molecule has 1 heterocycles. The number of piperazine rings is 1. The average Bonchev–Trinajstić information content (AvgIpc) is 2.82. The highest BCUT2D eigenvalue weighted by Crippen LogP contribution is 2.25. The van der Waals surface area contributed by atoms with Crippen LogP contribution in [0.5, 0.6) is 0 Å². The summed E-state index contributed by atoms with van der Waals surface area (Å²) >= 11 is 0. The van der Waals surface area contributed by atoms with E-state index in [4.69, 9.17) is 0 Å². The summed E-state index contributed by atoms with van der Waals surface area (Å²) in [6.07, 6.45) is 2.69. The van der Waals surface area contributed by atoms with E-state index in [2.05, 4.69) is 22.3 Å². The Morgan fingerprint density at radius 1 is 1.29 bits per heavy atom. The second-order valence-electron chi connectivity index (χ2n) is 7.50. The number of nitrogens with one attached hydrogen (secondary N) is 3. The van der Waals surface area contributed by atoms with Gasteiger partial charge in [-0.15, -0.1) is 0 Å². The van der Waals surface area contributed by atoms with Crippen LogP contribution in [0.4, 0.5) is 14.5 Å². The number of nitrogens with zero attached hydrogens (tertiary/aromatic N) is 4. The molecule has 2 rings (SSSR count). The van der Waals surface area contributed by atoms with Crippen molar-refractivity contribution in [3.8, 4) is 0 Å². The Morgan fingerprint density at radius 2 is 1.94 bits per heavy atom. The molecule has 34 heavy (non-hydrogen) atoms. The number of aliphatic imine (C=N–C) groups is 1. The lowest BCUT2D eigenvalue weighted by atomic mass is 10.0. The van der Waals surface area contributed by atoms with Crippen LogP contribution >= 0.6 is 0 Å². The Kier molecular flexibility index (Phi) is 9.53. The second-order valence-corrected chi connectivity index (χ2v) is 9.28. The zero-order chi connectivity index (χ0) is 25.5. The molecule has 1 aliphatic heterocycles. The molecule has 0 saturated carbocycles. The Morgan fingerprint density at radius 3 is 2.53 bits per heavy atom. The molecule has 0 radical (unpaired) electrons. The largest absolute Gasteiger partial charge is 0.339 e. The van der Waals surface area contributed by atoms with E-state index in [-0.39, 0.29) is 12.1 Å². The van der Waals surface area contributed by atoms with Crippen molar-refractivity contribution in [3.05, 3.63) is 53.9 Å². The fourth-order valence-corrected chi connectivity index (χ4v) is 4.00. The van der Waals surface area contributed by atoms with Crippen molar-refractivity contribution < 1.29 is 22.0 Å². The molecule has 1 aromatic carbocycles. The van der Waals surface area contributed by atoms with Gasteiger partial charge in [-0.1, -0.05) is 13.5 Å². The molecule has 3 N–H and O–H groups in total. The van der Waals surface area contributed by atoms with Crippen molar-refractivity contribution in [2.75, 3.05) is 51.5 Å². The molecule has 1 saturated heterocycles. The van der Waals surface area contributed by atoms with Crippen molar-refractivity contribution in [2.24, 2.45) is 4.99 Å². The molecule has 1 aliphatic rings. The monoisotopic (exact) mass is 499 g/mol. The van der Waals surface area contributed by atoms with Crippen molar-refractivity contribution in [3.63, 3.8) is 0 Å². The summed E-state index contributed by atoms with van der Waals surface area (Å²) in [5, 5.41) is 4.80. The van der Waals surface area contributed by atoms with Crippen molar-refractivity contribution >= 4 is 27.6 Å². The van der Waals surface area contributed by atoms with Crippen LogP contribution in [0.15, 0.2) is 41.7 Å². The molecule has 1 aromatic rings. The molecule has 0 unspecified atom stereocenters. The molecule has 0 aliphatic carbocycles. The number of rotatable bonds is 9. The van der Waals surface area contributed by atoms with E-state index < -0.39 is 38.9 Å². The first kappa shape index (κ1) is 27.2. The molecule has 0 spiro atoms. The number of hydrazine groups is 1. The minimum atomic E-state index is -4.06. The summed E-state index contributed by atoms with van der Waals surface area (Å²) in [5.41, 5.74) is 1.48. The van der Waals surface area contributed by atoms with E-state index in [1.807, 2.05) is 9.62 Å². The number of benzene rings is 1. The van der Waals surface area contributed by atoms with Gasteiger partial charge in [-0.3, -0.25) is 14.5 Å². The number of allylic oxidation sites excluding steroid dienone is 1. The number of hydrogen-bond donors (Lipinski definition) is 3. The van der Waals surface area contributed by atoms with Gasteiger partial charge in [0, 0.05) is 64.8 Å². The van der Waals surface area contributed by atoms with Crippen LogP contribution in [0.25, 0.3) is 0 Å². The summed E-state index contributed by atoms with van der Waals surface area (Å²) in [7, 11) is -1.08. The van der Waals surface area contributed by atoms with Gasteiger partial charge in [0.05, 0.1) is 11.3 Å². The molecular weight excluding hydrogens is 468 g/mol. The van der Waals surface area contributed by atoms with E-state index in [1.165, 1.54) is 26.4 Å². The topological polar surface area (TPSA) is 109 Å². The van der Waals surface area contributed by atoms with Gasteiger partial charge in [0.2, 0.25) is 5.96 Å². The number of hydrogen-bond acceptors (Lipinski definition) is 6. The molecule has 1 fully saturated rings. The van der Waals surface area contributed by atoms with Gasteiger partial charge in [0.15, 0.2) is 11.6 Å². The van der Waals surface area contributed by atoms with Crippen LogP contribution in [0.1, 0.15) is 24.2 Å². The van der Waals surface area contributed by atoms with Crippen LogP contribution in [0, 0.1) is 11.6 Å². The number of guanidine groups is 1. The van der Waals surface area contributed by atoms with Crippen LogP contribution in [-0.4, -0.2) is 81.2 Å². The third kappa shape index (κ3) is 6.52. The molecule has 10 nitrogen and oxygen atoms in total. The SMILES string of the molecule is C=CN=C(N1CCNCC1)N(C)N/C=C(\C)C(=O)c1c(F)ccc(NS(=O)(=O)N(C)CC)c1F. The van der Waals surface area contributed by atoms with Gasteiger partial charge in [0.25, 0.3) is 0 Å². The van der Waals surface area contributed by atoms with Crippen molar-refractivity contribution in [1.82, 2.24) is 25.0 Å². The predicted molar refractivity (Wildman–Crippen MR) is 128 cm³/mol. The van der Waals surface area contributed by atoms with Crippen LogP contribution < -0.4 is 15.5 Å². The number of Topliss-reactive ketones (excluding diaryl/α,β-unsaturated/α-hetero) is 1. The summed E-state index contributed by atoms with van der Waals surface area (Å²) in [6, 6.07) is 1.77. The predicted octanol–water partition coefficient (Wildman–Crippen LogP) is 1.50. The number of halogens is 2. The zero-order valence-electron chi connectivity index (χ0n) is 19.7. The molecular formula is C21H31F2N7O3S. The van der Waals surface area contributed by atoms with Gasteiger partial charge in [-0.05, 0) is 19.1 Å². The van der Waals surface area contributed by atoms with Crippen LogP contribution in [-0.2, 0) is 10.2 Å². The van der Waals surface area contributed by atoms with E-state index in [0.29, 0.717) is 19.0 Å². The quantitative estimate of drug-likeness (QED) is 0.155. The van der Waals surface area contributed by atoms with Crippen LogP contribution in [0.3, 0.4) is 0 Å². The first-order valence-electron chi connectivity index (χ1n) is 10.6. The fraction of sp³-hybridized carbons (Fsp3) is 0.429. The Bertz CT molecular complexity index is 1070. The third-order valence-corrected chi connectivity index (χ3v) is 6.71. The molecule has 0 bridgehead atoms. The fourth-order valence-electron chi connectivity index (χ4n) is 3.07. The van der Waals surface area contributed by atoms with E-state index in [1.54, 1.807) is 19.0 Å². The second kappa shape index (κ2) is 11.9. The smallest absolute Gasteiger partial charge is 0.301 e. The van der Waals surface area contributed by atoms with Gasteiger partial charge >= 0.3 is 10.2 Å². The number of carbonyl (C=O) groups is 1. The molecule has 0 atom stereocenters. The molecule has 0 amide bonds. The Hall–Kier alpha value is -3.03. The first-order valence-corrected chi connectivity index (χ1v) is 12.0. The standard InChI is InChI=1S/C21H31F2N7O3S/c1-6-25-21(30-12-10-24-11-13-30)29(5)26-14-15(3)20(31)18-16(22)8-9-17(19(18)23)27-34(32,33)28(4)7-2/h6,8-9,14,24,26-27H,1,7,10-13H2,2-5H3/b15-14+,25-21?. The van der Waals surface area contributed by atoms with E-state index in [0.717, 1.165) is 29.5 Å². The van der Waals surface area contributed by atoms with E-state index >= 15 is 4.39 Å². The van der Waals surface area contributed by atoms with Gasteiger partial charge in [-0.2, -0.15) is 12.7 Å². The maximum atomic E-state index is 15.0. The van der Waals surface area contributed by atoms with Crippen LogP contribution in [0.2, 0.25) is 0 Å². The van der Waals surface area contributed by atoms with Gasteiger partial charge in [0.1, 0.15) is 5.82 Å². The lowest BCUT2D eigenvalue weighted by Gasteiger charge is -2.34. The zero-order valence-corrected chi connectivity index (χ0v) is 20.5. The Labute approximate surface area is 199 Å². The summed E-state index contributed by atoms with van der Waals surface area (Å²) in [5.74, 6) is -2.79. The lowest BCUT2D eigenvalue weighted by Crippen LogP contribution is -2.53. The van der Waals surface area contributed by atoms with Crippen molar-refractivity contribution in [1.29, 1.82) is 0 Å². The van der Waals surface area contributed by atoms with Crippen molar-refractivity contribution in [2.45, 2.75) is 13.8 Å². The maximum absolute atomic E-state index is 15.0. The highest BCUT2D eigenvalue weighted by molar-refractivity contribution is 7.90. The normalized spacial score (nSPS) is 15.3. The molecule has 13 heteroatoms. The first-order chi connectivity index (χ1) is 16.0. The average molecular weight is 500 g/mol. The number of carbonyl (C=O) groups excluding carboxylic acids is 1. The Balaban J connectivity index is 2.25. The third-order valence-electron chi connectivity index (χ3n) is 5.15. The number of anilines is 1. The maximum Gasteiger partial charge on any atom is 0.301 e. The van der Waals surface area contributed by atoms with E-state index in [9.17, 15) is 17.6 Å². The van der Waals surface area contributed by atoms with Gasteiger partial charge < -0.3 is 15.6 Å². The summed E-state index contributed by atoms with van der Waals surface area (Å²) < 4.78 is 56.9. The molecule has 0 aromatic heterocycles. The highest BCUT2D eigenvalue weighted by atomic mass is 32.2. The molecule has 188 valence electrons. The van der Waals surface area contributed by atoms with Gasteiger partial charge in [-0.25, -0.2) is 13.8 Å².